The Balaban J connectivity index is 2.10. The highest BCUT2D eigenvalue weighted by Gasteiger charge is 2.25. The Bertz CT molecular complexity index is 1600. The summed E-state index contributed by atoms with van der Waals surface area (Å²) < 4.78 is 19.5. The van der Waals surface area contributed by atoms with Crippen LogP contribution in [0.5, 0.6) is 0 Å². The van der Waals surface area contributed by atoms with Gasteiger partial charge in [0.1, 0.15) is 12.9 Å². The number of benzene rings is 3. The molecule has 0 spiro atoms. The first-order valence-corrected chi connectivity index (χ1v) is 10.2. The summed E-state index contributed by atoms with van der Waals surface area (Å²) in [6.07, 6.45) is 2.14. The SMILES string of the molecule is Cc1ccc2c3c(F)cccc3n3c4cc(C(C)C)cc5cc[n+](C)c(c1c23)c54. The highest BCUT2D eigenvalue weighted by atomic mass is 19.1. The number of hydrogen-bond acceptors (Lipinski definition) is 0. The minimum Gasteiger partial charge on any atom is -0.307 e. The van der Waals surface area contributed by atoms with Gasteiger partial charge in [-0.2, -0.15) is 0 Å². The van der Waals surface area contributed by atoms with E-state index >= 15 is 4.39 Å². The van der Waals surface area contributed by atoms with Crippen molar-refractivity contribution >= 4 is 49.0 Å². The molecule has 0 atom stereocenters. The smallest absolute Gasteiger partial charge is 0.224 e. The molecule has 3 aromatic carbocycles. The zero-order valence-electron chi connectivity index (χ0n) is 17.0. The fourth-order valence-corrected chi connectivity index (χ4v) is 5.08. The molecule has 0 bridgehead atoms. The third kappa shape index (κ3) is 1.97. The molecule has 0 N–H and O–H groups in total. The Morgan fingerprint density at radius 2 is 1.76 bits per heavy atom. The highest BCUT2D eigenvalue weighted by molar-refractivity contribution is 6.25. The van der Waals surface area contributed by atoms with E-state index in [9.17, 15) is 0 Å². The summed E-state index contributed by atoms with van der Waals surface area (Å²) >= 11 is 0. The third-order valence-corrected chi connectivity index (χ3v) is 6.49. The molecule has 0 aliphatic rings. The summed E-state index contributed by atoms with van der Waals surface area (Å²) in [5, 5.41) is 5.37. The Labute approximate surface area is 168 Å². The first-order chi connectivity index (χ1) is 14.0. The van der Waals surface area contributed by atoms with Gasteiger partial charge in [0.05, 0.1) is 27.3 Å². The molecule has 0 saturated carbocycles. The molecule has 3 heterocycles. The molecule has 3 heteroatoms. The lowest BCUT2D eigenvalue weighted by molar-refractivity contribution is -0.643. The summed E-state index contributed by atoms with van der Waals surface area (Å²) in [5.74, 6) is 0.258. The standard InChI is InChI=1S/C26H22FN2/c1-14(2)17-12-16-10-11-28(4)26-22-15(3)8-9-18-24-19(27)6-5-7-20(24)29(25(18)22)21(13-17)23(16)26/h5-14H,1-4H3/q+1. The molecular weight excluding hydrogens is 359 g/mol. The predicted molar refractivity (Wildman–Crippen MR) is 119 cm³/mol. The Hall–Kier alpha value is -3.20. The number of hydrogen-bond donors (Lipinski definition) is 0. The summed E-state index contributed by atoms with van der Waals surface area (Å²) in [5.41, 5.74) is 6.93. The first kappa shape index (κ1) is 16.7. The monoisotopic (exact) mass is 381 g/mol. The topological polar surface area (TPSA) is 8.29 Å². The number of fused-ring (bicyclic) bond motifs is 5. The minimum atomic E-state index is -0.160. The van der Waals surface area contributed by atoms with Crippen LogP contribution in [0.4, 0.5) is 4.39 Å². The zero-order valence-corrected chi connectivity index (χ0v) is 17.0. The van der Waals surface area contributed by atoms with Crippen LogP contribution in [0.15, 0.2) is 54.7 Å². The molecule has 0 unspecified atom stereocenters. The fraction of sp³-hybridized carbons (Fsp3) is 0.192. The molecule has 0 radical (unpaired) electrons. The Morgan fingerprint density at radius 3 is 2.55 bits per heavy atom. The molecule has 142 valence electrons. The summed E-state index contributed by atoms with van der Waals surface area (Å²) in [4.78, 5) is 0. The van der Waals surface area contributed by atoms with Gasteiger partial charge in [-0.25, -0.2) is 8.96 Å². The normalized spacial score (nSPS) is 12.6. The van der Waals surface area contributed by atoms with Crippen molar-refractivity contribution in [2.45, 2.75) is 26.7 Å². The zero-order chi connectivity index (χ0) is 20.0. The van der Waals surface area contributed by atoms with Crippen LogP contribution in [0.1, 0.15) is 30.9 Å². The van der Waals surface area contributed by atoms with Crippen molar-refractivity contribution in [1.82, 2.24) is 4.40 Å². The number of nitrogens with zero attached hydrogens (tertiary/aromatic N) is 2. The van der Waals surface area contributed by atoms with Gasteiger partial charge in [0.2, 0.25) is 5.52 Å². The van der Waals surface area contributed by atoms with Gasteiger partial charge in [-0.3, -0.25) is 0 Å². The first-order valence-electron chi connectivity index (χ1n) is 10.2. The molecule has 3 aromatic heterocycles. The van der Waals surface area contributed by atoms with Crippen molar-refractivity contribution in [1.29, 1.82) is 0 Å². The van der Waals surface area contributed by atoms with Gasteiger partial charge in [-0.05, 0) is 47.6 Å². The van der Waals surface area contributed by atoms with Crippen LogP contribution in [0, 0.1) is 12.7 Å². The minimum absolute atomic E-state index is 0.160. The predicted octanol–water partition coefficient (Wildman–Crippen LogP) is 6.39. The van der Waals surface area contributed by atoms with E-state index in [1.165, 1.54) is 32.8 Å². The lowest BCUT2D eigenvalue weighted by Gasteiger charge is -2.15. The van der Waals surface area contributed by atoms with Gasteiger partial charge in [0, 0.05) is 16.8 Å². The van der Waals surface area contributed by atoms with Gasteiger partial charge in [-0.15, -0.1) is 0 Å². The van der Waals surface area contributed by atoms with Crippen molar-refractivity contribution in [2.24, 2.45) is 7.05 Å². The maximum Gasteiger partial charge on any atom is 0.224 e. The van der Waals surface area contributed by atoms with E-state index < -0.39 is 0 Å². The van der Waals surface area contributed by atoms with E-state index in [0.29, 0.717) is 11.3 Å². The second kappa shape index (κ2) is 5.44. The van der Waals surface area contributed by atoms with Crippen LogP contribution >= 0.6 is 0 Å². The van der Waals surface area contributed by atoms with Crippen LogP contribution in [-0.2, 0) is 7.05 Å². The van der Waals surface area contributed by atoms with Gasteiger partial charge >= 0.3 is 0 Å². The molecule has 6 rings (SSSR count). The van der Waals surface area contributed by atoms with Crippen LogP contribution in [0.2, 0.25) is 0 Å². The average Bonchev–Trinajstić information content (AvgIpc) is 3.04. The van der Waals surface area contributed by atoms with Crippen LogP contribution in [0.25, 0.3) is 49.0 Å². The Kier molecular flexibility index (Phi) is 3.14. The fourth-order valence-electron chi connectivity index (χ4n) is 5.08. The van der Waals surface area contributed by atoms with Crippen molar-refractivity contribution in [3.63, 3.8) is 0 Å². The second-order valence-corrected chi connectivity index (χ2v) is 8.56. The lowest BCUT2D eigenvalue weighted by Crippen LogP contribution is -2.29. The van der Waals surface area contributed by atoms with Gasteiger partial charge in [0.25, 0.3) is 0 Å². The molecule has 29 heavy (non-hydrogen) atoms. The number of rotatable bonds is 1. The van der Waals surface area contributed by atoms with Crippen LogP contribution < -0.4 is 4.57 Å². The highest BCUT2D eigenvalue weighted by Crippen LogP contribution is 2.41. The molecule has 0 fully saturated rings. The quantitative estimate of drug-likeness (QED) is 0.177. The molecular formula is C26H22FN2+. The molecule has 6 aromatic rings. The largest absolute Gasteiger partial charge is 0.307 e. The molecule has 0 aliphatic heterocycles. The van der Waals surface area contributed by atoms with Crippen molar-refractivity contribution < 1.29 is 8.96 Å². The van der Waals surface area contributed by atoms with Gasteiger partial charge in [0.15, 0.2) is 6.20 Å². The van der Waals surface area contributed by atoms with E-state index in [0.717, 1.165) is 21.9 Å². The maximum atomic E-state index is 15.0. The molecule has 0 aliphatic carbocycles. The maximum absolute atomic E-state index is 15.0. The average molecular weight is 381 g/mol. The van der Waals surface area contributed by atoms with E-state index in [4.69, 9.17) is 0 Å². The van der Waals surface area contributed by atoms with Crippen molar-refractivity contribution in [3.8, 4) is 0 Å². The van der Waals surface area contributed by atoms with E-state index in [1.54, 1.807) is 6.07 Å². The van der Waals surface area contributed by atoms with Crippen molar-refractivity contribution in [2.75, 3.05) is 0 Å². The summed E-state index contributed by atoms with van der Waals surface area (Å²) in [6.45, 7) is 6.60. The number of pyridine rings is 2. The van der Waals surface area contributed by atoms with Crippen LogP contribution in [0.3, 0.4) is 0 Å². The molecule has 0 amide bonds. The number of aryl methyl sites for hydroxylation is 2. The number of halogens is 1. The van der Waals surface area contributed by atoms with E-state index in [1.807, 2.05) is 12.1 Å². The van der Waals surface area contributed by atoms with Crippen molar-refractivity contribution in [3.05, 3.63) is 71.7 Å². The van der Waals surface area contributed by atoms with E-state index in [-0.39, 0.29) is 5.82 Å². The summed E-state index contributed by atoms with van der Waals surface area (Å²) in [6, 6.07) is 16.4. The van der Waals surface area contributed by atoms with E-state index in [2.05, 4.69) is 73.3 Å². The molecule has 2 nitrogen and oxygen atoms in total. The third-order valence-electron chi connectivity index (χ3n) is 6.49. The van der Waals surface area contributed by atoms with Crippen LogP contribution in [-0.4, -0.2) is 4.40 Å². The lowest BCUT2D eigenvalue weighted by atomic mass is 9.95. The van der Waals surface area contributed by atoms with Gasteiger partial charge < -0.3 is 4.40 Å². The van der Waals surface area contributed by atoms with Gasteiger partial charge in [-0.1, -0.05) is 38.1 Å². The summed E-state index contributed by atoms with van der Waals surface area (Å²) in [7, 11) is 2.10. The second-order valence-electron chi connectivity index (χ2n) is 8.56. The number of aromatic nitrogens is 2. The Morgan fingerprint density at radius 1 is 0.931 bits per heavy atom. The molecule has 0 saturated heterocycles.